The van der Waals surface area contributed by atoms with E-state index in [4.69, 9.17) is 0 Å². The quantitative estimate of drug-likeness (QED) is 0.751. The number of aromatic nitrogens is 2. The van der Waals surface area contributed by atoms with Crippen molar-refractivity contribution >= 4 is 16.8 Å². The van der Waals surface area contributed by atoms with Crippen LogP contribution in [0.2, 0.25) is 0 Å². The number of hydrogen-bond donors (Lipinski definition) is 2. The summed E-state index contributed by atoms with van der Waals surface area (Å²) in [6.07, 6.45) is 3.45. The maximum absolute atomic E-state index is 12.0. The molecule has 0 atom stereocenters. The second kappa shape index (κ2) is 4.94. The zero-order chi connectivity index (χ0) is 13.1. The van der Waals surface area contributed by atoms with E-state index in [9.17, 15) is 4.79 Å². The molecule has 2 heterocycles. The Kier molecular flexibility index (Phi) is 2.98. The summed E-state index contributed by atoms with van der Waals surface area (Å²) in [4.78, 5) is 19.1. The van der Waals surface area contributed by atoms with Crippen LogP contribution in [0.1, 0.15) is 16.1 Å². The summed E-state index contributed by atoms with van der Waals surface area (Å²) >= 11 is 0. The Labute approximate surface area is 110 Å². The number of pyridine rings is 1. The Morgan fingerprint density at radius 2 is 2.11 bits per heavy atom. The highest BCUT2D eigenvalue weighted by Gasteiger charge is 2.08. The average molecular weight is 251 g/mol. The fourth-order valence-corrected chi connectivity index (χ4v) is 1.98. The molecule has 0 aliphatic carbocycles. The molecule has 0 saturated carbocycles. The molecule has 0 aliphatic heterocycles. The zero-order valence-electron chi connectivity index (χ0n) is 10.3. The molecule has 0 radical (unpaired) electrons. The van der Waals surface area contributed by atoms with Gasteiger partial charge in [0.25, 0.3) is 5.91 Å². The van der Waals surface area contributed by atoms with Crippen molar-refractivity contribution in [3.8, 4) is 0 Å². The largest absolute Gasteiger partial charge is 0.351 e. The summed E-state index contributed by atoms with van der Waals surface area (Å²) in [7, 11) is 0. The van der Waals surface area contributed by atoms with Gasteiger partial charge in [-0.2, -0.15) is 0 Å². The first-order valence-electron chi connectivity index (χ1n) is 6.08. The van der Waals surface area contributed by atoms with Crippen LogP contribution < -0.4 is 5.32 Å². The minimum atomic E-state index is -0.111. The molecule has 94 valence electrons. The molecule has 0 saturated heterocycles. The number of nitrogens with one attached hydrogen (secondary N) is 2. The zero-order valence-corrected chi connectivity index (χ0v) is 10.3. The number of carbonyl (C=O) groups is 1. The fraction of sp³-hybridized carbons (Fsp3) is 0.0667. The lowest BCUT2D eigenvalue weighted by molar-refractivity contribution is 0.0946. The van der Waals surface area contributed by atoms with Gasteiger partial charge in [-0.05, 0) is 23.8 Å². The highest BCUT2D eigenvalue weighted by molar-refractivity contribution is 5.97. The third-order valence-electron chi connectivity index (χ3n) is 2.95. The molecule has 2 aromatic heterocycles. The number of H-pyrrole nitrogens is 1. The van der Waals surface area contributed by atoms with Crippen LogP contribution >= 0.6 is 0 Å². The molecule has 4 heteroatoms. The number of fused-ring (bicyclic) bond motifs is 1. The van der Waals surface area contributed by atoms with E-state index in [0.717, 1.165) is 16.5 Å². The van der Waals surface area contributed by atoms with Gasteiger partial charge in [0.1, 0.15) is 5.69 Å². The molecular weight excluding hydrogens is 238 g/mol. The molecule has 4 nitrogen and oxygen atoms in total. The molecule has 3 rings (SSSR count). The van der Waals surface area contributed by atoms with Gasteiger partial charge in [-0.1, -0.05) is 24.3 Å². The first-order chi connectivity index (χ1) is 9.33. The van der Waals surface area contributed by atoms with E-state index in [-0.39, 0.29) is 5.91 Å². The van der Waals surface area contributed by atoms with Crippen LogP contribution in [0.4, 0.5) is 0 Å². The van der Waals surface area contributed by atoms with Gasteiger partial charge in [0.05, 0.1) is 0 Å². The molecule has 0 bridgehead atoms. The predicted octanol–water partition coefficient (Wildman–Crippen LogP) is 2.49. The molecule has 0 fully saturated rings. The first-order valence-corrected chi connectivity index (χ1v) is 6.08. The van der Waals surface area contributed by atoms with Gasteiger partial charge in [0, 0.05) is 29.8 Å². The van der Waals surface area contributed by atoms with Crippen LogP contribution in [0.15, 0.2) is 54.9 Å². The van der Waals surface area contributed by atoms with E-state index >= 15 is 0 Å². The molecule has 0 aliphatic rings. The Morgan fingerprint density at radius 3 is 2.89 bits per heavy atom. The monoisotopic (exact) mass is 251 g/mol. The van der Waals surface area contributed by atoms with Crippen molar-refractivity contribution in [2.45, 2.75) is 6.54 Å². The van der Waals surface area contributed by atoms with Gasteiger partial charge < -0.3 is 10.3 Å². The van der Waals surface area contributed by atoms with Gasteiger partial charge in [-0.15, -0.1) is 0 Å². The van der Waals surface area contributed by atoms with Crippen molar-refractivity contribution in [1.82, 2.24) is 15.3 Å². The topological polar surface area (TPSA) is 57.8 Å². The van der Waals surface area contributed by atoms with Crippen LogP contribution in [0, 0.1) is 0 Å². The lowest BCUT2D eigenvalue weighted by Gasteiger charge is -2.02. The summed E-state index contributed by atoms with van der Waals surface area (Å²) in [5.41, 5.74) is 2.52. The number of hydrogen-bond acceptors (Lipinski definition) is 2. The third kappa shape index (κ3) is 2.47. The second-order valence-electron chi connectivity index (χ2n) is 4.31. The Hall–Kier alpha value is -2.62. The van der Waals surface area contributed by atoms with E-state index in [1.165, 1.54) is 0 Å². The van der Waals surface area contributed by atoms with E-state index < -0.39 is 0 Å². The maximum Gasteiger partial charge on any atom is 0.267 e. The second-order valence-corrected chi connectivity index (χ2v) is 4.31. The van der Waals surface area contributed by atoms with Gasteiger partial charge in [0.2, 0.25) is 0 Å². The SMILES string of the molecule is O=C(NCc1cccnc1)c1cc2ccccc2[nH]1. The third-order valence-corrected chi connectivity index (χ3v) is 2.95. The van der Waals surface area contributed by atoms with Crippen molar-refractivity contribution in [2.24, 2.45) is 0 Å². The minimum Gasteiger partial charge on any atom is -0.351 e. The van der Waals surface area contributed by atoms with E-state index in [2.05, 4.69) is 15.3 Å². The van der Waals surface area contributed by atoms with Crippen LogP contribution in [0.25, 0.3) is 10.9 Å². The highest BCUT2D eigenvalue weighted by Crippen LogP contribution is 2.14. The van der Waals surface area contributed by atoms with Gasteiger partial charge in [-0.3, -0.25) is 9.78 Å². The minimum absolute atomic E-state index is 0.111. The number of aromatic amines is 1. The van der Waals surface area contributed by atoms with Crippen LogP contribution in [-0.2, 0) is 6.54 Å². The van der Waals surface area contributed by atoms with E-state index in [0.29, 0.717) is 12.2 Å². The lowest BCUT2D eigenvalue weighted by atomic mass is 10.2. The number of nitrogens with zero attached hydrogens (tertiary/aromatic N) is 1. The van der Waals surface area contributed by atoms with Crippen molar-refractivity contribution in [1.29, 1.82) is 0 Å². The molecule has 3 aromatic rings. The van der Waals surface area contributed by atoms with Crippen molar-refractivity contribution in [3.63, 3.8) is 0 Å². The lowest BCUT2D eigenvalue weighted by Crippen LogP contribution is -2.23. The van der Waals surface area contributed by atoms with Crippen molar-refractivity contribution in [2.75, 3.05) is 0 Å². The van der Waals surface area contributed by atoms with Gasteiger partial charge >= 0.3 is 0 Å². The van der Waals surface area contributed by atoms with Crippen molar-refractivity contribution < 1.29 is 4.79 Å². The Balaban J connectivity index is 1.73. The van der Waals surface area contributed by atoms with Crippen LogP contribution in [-0.4, -0.2) is 15.9 Å². The Morgan fingerprint density at radius 1 is 1.21 bits per heavy atom. The number of rotatable bonds is 3. The summed E-state index contributed by atoms with van der Waals surface area (Å²) in [6, 6.07) is 13.5. The highest BCUT2D eigenvalue weighted by atomic mass is 16.1. The molecule has 1 aromatic carbocycles. The molecular formula is C15H13N3O. The van der Waals surface area contributed by atoms with Gasteiger partial charge in [-0.25, -0.2) is 0 Å². The number of benzene rings is 1. The molecule has 2 N–H and O–H groups in total. The van der Waals surface area contributed by atoms with Crippen LogP contribution in [0.3, 0.4) is 0 Å². The predicted molar refractivity (Wildman–Crippen MR) is 73.7 cm³/mol. The summed E-state index contributed by atoms with van der Waals surface area (Å²) in [5, 5.41) is 3.90. The van der Waals surface area contributed by atoms with Crippen LogP contribution in [0.5, 0.6) is 0 Å². The fourth-order valence-electron chi connectivity index (χ4n) is 1.98. The molecule has 1 amide bonds. The Bertz CT molecular complexity index is 670. The normalized spacial score (nSPS) is 10.5. The molecule has 0 unspecified atom stereocenters. The summed E-state index contributed by atoms with van der Waals surface area (Å²) < 4.78 is 0. The summed E-state index contributed by atoms with van der Waals surface area (Å²) in [6.45, 7) is 0.474. The maximum atomic E-state index is 12.0. The van der Waals surface area contributed by atoms with Crippen molar-refractivity contribution in [3.05, 3.63) is 66.1 Å². The standard InChI is InChI=1S/C15H13N3O/c19-15(17-10-11-4-3-7-16-9-11)14-8-12-5-1-2-6-13(12)18-14/h1-9,18H,10H2,(H,17,19). The number of carbonyl (C=O) groups excluding carboxylic acids is 1. The van der Waals surface area contributed by atoms with E-state index in [1.54, 1.807) is 12.4 Å². The molecule has 19 heavy (non-hydrogen) atoms. The number of para-hydroxylation sites is 1. The summed E-state index contributed by atoms with van der Waals surface area (Å²) in [5.74, 6) is -0.111. The molecule has 0 spiro atoms. The van der Waals surface area contributed by atoms with E-state index in [1.807, 2.05) is 42.5 Å². The van der Waals surface area contributed by atoms with Gasteiger partial charge in [0.15, 0.2) is 0 Å². The number of amides is 1. The smallest absolute Gasteiger partial charge is 0.267 e. The first kappa shape index (κ1) is 11.5. The average Bonchev–Trinajstić information content (AvgIpc) is 2.90.